The quantitative estimate of drug-likeness (QED) is 0.414. The highest BCUT2D eigenvalue weighted by molar-refractivity contribution is 5.77. The molecule has 3 heterocycles. The fourth-order valence-electron chi connectivity index (χ4n) is 4.61. The van der Waals surface area contributed by atoms with Gasteiger partial charge in [0.15, 0.2) is 0 Å². The Kier molecular flexibility index (Phi) is 7.23. The van der Waals surface area contributed by atoms with E-state index < -0.39 is 18.6 Å². The summed E-state index contributed by atoms with van der Waals surface area (Å²) < 4.78 is 45.9. The number of carbonyl (C=O) groups excluding carboxylic acids is 1. The Morgan fingerprint density at radius 1 is 1.29 bits per heavy atom. The fourth-order valence-corrected chi connectivity index (χ4v) is 4.61. The van der Waals surface area contributed by atoms with E-state index in [1.54, 1.807) is 18.0 Å². The Balaban J connectivity index is 1.59. The number of ether oxygens (including phenoxy) is 1. The van der Waals surface area contributed by atoms with E-state index in [1.165, 1.54) is 0 Å². The Morgan fingerprint density at radius 3 is 2.80 bits per heavy atom. The highest BCUT2D eigenvalue weighted by Crippen LogP contribution is 2.40. The molecule has 0 saturated heterocycles. The van der Waals surface area contributed by atoms with E-state index in [-0.39, 0.29) is 18.5 Å². The minimum Gasteiger partial charge on any atom is -0.492 e. The van der Waals surface area contributed by atoms with Crippen LogP contribution in [0, 0.1) is 0 Å². The lowest BCUT2D eigenvalue weighted by Gasteiger charge is -2.31. The van der Waals surface area contributed by atoms with E-state index in [4.69, 9.17) is 4.74 Å². The van der Waals surface area contributed by atoms with Gasteiger partial charge in [-0.15, -0.1) is 0 Å². The van der Waals surface area contributed by atoms with Gasteiger partial charge in [-0.25, -0.2) is 9.78 Å². The van der Waals surface area contributed by atoms with Crippen LogP contribution in [0.5, 0.6) is 5.75 Å². The lowest BCUT2D eigenvalue weighted by Crippen LogP contribution is -2.45. The number of amides is 2. The molecule has 9 heteroatoms. The van der Waals surface area contributed by atoms with E-state index in [2.05, 4.69) is 16.4 Å². The van der Waals surface area contributed by atoms with Crippen LogP contribution in [-0.4, -0.2) is 45.7 Å². The average molecular weight is 489 g/mol. The SMILES string of the molecule is CCC(CCC(F)(F)F)NC(=O)N(CC)[C@H](C)c1cc2c(c(-c3ccc4nccn4c3)c1)OCC2. The summed E-state index contributed by atoms with van der Waals surface area (Å²) in [4.78, 5) is 19.1. The number of alkyl halides is 3. The normalized spacial score (nSPS) is 14.9. The fraction of sp³-hybridized carbons (Fsp3) is 0.462. The number of hydrogen-bond acceptors (Lipinski definition) is 3. The van der Waals surface area contributed by atoms with Crippen LogP contribution in [-0.2, 0) is 6.42 Å². The predicted octanol–water partition coefficient (Wildman–Crippen LogP) is 6.15. The molecule has 0 radical (unpaired) electrons. The minimum absolute atomic E-state index is 0.130. The summed E-state index contributed by atoms with van der Waals surface area (Å²) in [6.45, 7) is 6.62. The third-order valence-corrected chi connectivity index (χ3v) is 6.65. The van der Waals surface area contributed by atoms with E-state index >= 15 is 0 Å². The lowest BCUT2D eigenvalue weighted by molar-refractivity contribution is -0.136. The maximum absolute atomic E-state index is 13.1. The van der Waals surface area contributed by atoms with Gasteiger partial charge < -0.3 is 19.4 Å². The van der Waals surface area contributed by atoms with Gasteiger partial charge in [-0.1, -0.05) is 6.92 Å². The standard InChI is InChI=1S/C26H31F3N4O2/c1-4-21(8-10-26(27,28)29)31-25(34)33(5-2)17(3)20-14-18-9-13-35-24(18)22(15-20)19-6-7-23-30-11-12-32(23)16-19/h6-7,11-12,14-17,21H,4-5,8-10,13H2,1-3H3,(H,31,34)/t17-,21?/m1/s1. The first kappa shape index (κ1) is 24.9. The van der Waals surface area contributed by atoms with Gasteiger partial charge in [-0.3, -0.25) is 0 Å². The van der Waals surface area contributed by atoms with Gasteiger partial charge in [0.05, 0.1) is 12.6 Å². The largest absolute Gasteiger partial charge is 0.492 e. The van der Waals surface area contributed by atoms with Crippen molar-refractivity contribution in [3.63, 3.8) is 0 Å². The molecule has 1 N–H and O–H groups in total. The molecule has 4 rings (SSSR count). The van der Waals surface area contributed by atoms with E-state index in [9.17, 15) is 18.0 Å². The number of urea groups is 1. The van der Waals surface area contributed by atoms with Crippen molar-refractivity contribution in [2.45, 2.75) is 64.7 Å². The number of nitrogens with one attached hydrogen (secondary N) is 1. The second-order valence-corrected chi connectivity index (χ2v) is 8.94. The minimum atomic E-state index is -4.24. The third-order valence-electron chi connectivity index (χ3n) is 6.65. The van der Waals surface area contributed by atoms with Gasteiger partial charge in [0.25, 0.3) is 0 Å². The summed E-state index contributed by atoms with van der Waals surface area (Å²) in [5.74, 6) is 0.853. The van der Waals surface area contributed by atoms with Crippen molar-refractivity contribution in [3.8, 4) is 16.9 Å². The molecule has 35 heavy (non-hydrogen) atoms. The second-order valence-electron chi connectivity index (χ2n) is 8.94. The third kappa shape index (κ3) is 5.55. The number of imidazole rings is 1. The molecule has 1 aliphatic rings. The molecule has 188 valence electrons. The van der Waals surface area contributed by atoms with Crippen molar-refractivity contribution in [2.24, 2.45) is 0 Å². The zero-order valence-corrected chi connectivity index (χ0v) is 20.2. The maximum atomic E-state index is 13.1. The topological polar surface area (TPSA) is 58.9 Å². The Hall–Kier alpha value is -3.23. The van der Waals surface area contributed by atoms with E-state index in [0.29, 0.717) is 19.6 Å². The number of hydrogen-bond donors (Lipinski definition) is 1. The molecule has 2 atom stereocenters. The Bertz CT molecular complexity index is 1190. The monoisotopic (exact) mass is 488 g/mol. The molecule has 1 aromatic carbocycles. The van der Waals surface area contributed by atoms with Crippen LogP contribution in [0.25, 0.3) is 16.8 Å². The summed E-state index contributed by atoms with van der Waals surface area (Å²) in [5.41, 5.74) is 4.82. The van der Waals surface area contributed by atoms with Crippen LogP contribution in [0.15, 0.2) is 42.9 Å². The zero-order valence-electron chi connectivity index (χ0n) is 20.2. The maximum Gasteiger partial charge on any atom is 0.389 e. The smallest absolute Gasteiger partial charge is 0.389 e. The van der Waals surface area contributed by atoms with Gasteiger partial charge in [-0.2, -0.15) is 13.2 Å². The number of benzene rings is 1. The van der Waals surface area contributed by atoms with Gasteiger partial charge in [0.2, 0.25) is 0 Å². The molecule has 0 fully saturated rings. The van der Waals surface area contributed by atoms with Crippen LogP contribution in [0.2, 0.25) is 0 Å². The van der Waals surface area contributed by atoms with Crippen LogP contribution < -0.4 is 10.1 Å². The van der Waals surface area contributed by atoms with E-state index in [1.807, 2.05) is 48.8 Å². The molecule has 3 aromatic rings. The van der Waals surface area contributed by atoms with Crippen molar-refractivity contribution in [2.75, 3.05) is 13.2 Å². The van der Waals surface area contributed by atoms with Crippen LogP contribution >= 0.6 is 0 Å². The van der Waals surface area contributed by atoms with Crippen molar-refractivity contribution in [1.82, 2.24) is 19.6 Å². The average Bonchev–Trinajstić information content (AvgIpc) is 3.49. The van der Waals surface area contributed by atoms with Gasteiger partial charge in [0, 0.05) is 55.1 Å². The Morgan fingerprint density at radius 2 is 2.09 bits per heavy atom. The number of pyridine rings is 1. The number of halogens is 3. The zero-order chi connectivity index (χ0) is 25.2. The molecule has 1 unspecified atom stereocenters. The number of aromatic nitrogens is 2. The second kappa shape index (κ2) is 10.2. The first-order chi connectivity index (χ1) is 16.7. The number of fused-ring (bicyclic) bond motifs is 2. The molecule has 0 spiro atoms. The molecule has 6 nitrogen and oxygen atoms in total. The van der Waals surface area contributed by atoms with Crippen LogP contribution in [0.1, 0.15) is 57.2 Å². The Labute approximate surface area is 203 Å². The summed E-state index contributed by atoms with van der Waals surface area (Å²) in [5, 5.41) is 2.81. The molecular weight excluding hydrogens is 457 g/mol. The summed E-state index contributed by atoms with van der Waals surface area (Å²) >= 11 is 0. The molecule has 1 aliphatic heterocycles. The number of nitrogens with zero attached hydrogens (tertiary/aromatic N) is 3. The molecule has 2 aromatic heterocycles. The van der Waals surface area contributed by atoms with Gasteiger partial charge in [-0.05, 0) is 62.1 Å². The summed E-state index contributed by atoms with van der Waals surface area (Å²) in [7, 11) is 0. The number of carbonyl (C=O) groups is 1. The molecule has 0 aliphatic carbocycles. The molecule has 0 bridgehead atoms. The van der Waals surface area contributed by atoms with Crippen molar-refractivity contribution in [1.29, 1.82) is 0 Å². The van der Waals surface area contributed by atoms with Crippen LogP contribution in [0.3, 0.4) is 0 Å². The summed E-state index contributed by atoms with van der Waals surface area (Å²) in [6, 6.07) is 6.91. The first-order valence-corrected chi connectivity index (χ1v) is 12.1. The van der Waals surface area contributed by atoms with Crippen molar-refractivity contribution >= 4 is 11.7 Å². The molecule has 0 saturated carbocycles. The van der Waals surface area contributed by atoms with Crippen LogP contribution in [0.4, 0.5) is 18.0 Å². The predicted molar refractivity (Wildman–Crippen MR) is 129 cm³/mol. The van der Waals surface area contributed by atoms with Gasteiger partial charge in [0.1, 0.15) is 11.4 Å². The summed E-state index contributed by atoms with van der Waals surface area (Å²) in [6.07, 6.45) is 1.57. The lowest BCUT2D eigenvalue weighted by atomic mass is 9.95. The first-order valence-electron chi connectivity index (χ1n) is 12.1. The van der Waals surface area contributed by atoms with Gasteiger partial charge >= 0.3 is 12.2 Å². The highest BCUT2D eigenvalue weighted by Gasteiger charge is 2.30. The molecular formula is C26H31F3N4O2. The molecule has 2 amide bonds. The van der Waals surface area contributed by atoms with Crippen molar-refractivity contribution < 1.29 is 22.7 Å². The van der Waals surface area contributed by atoms with Crippen molar-refractivity contribution in [3.05, 3.63) is 54.0 Å². The van der Waals surface area contributed by atoms with E-state index in [0.717, 1.165) is 40.1 Å². The number of rotatable bonds is 8. The highest BCUT2D eigenvalue weighted by atomic mass is 19.4.